The van der Waals surface area contributed by atoms with Gasteiger partial charge in [-0.2, -0.15) is 0 Å². The van der Waals surface area contributed by atoms with E-state index in [4.69, 9.17) is 0 Å². The van der Waals surface area contributed by atoms with Crippen molar-refractivity contribution >= 4 is 17.2 Å². The first-order valence-corrected chi connectivity index (χ1v) is 10.3. The van der Waals surface area contributed by atoms with Gasteiger partial charge in [-0.05, 0) is 75.5 Å². The smallest absolute Gasteiger partial charge is 0.307 e. The zero-order valence-electron chi connectivity index (χ0n) is 14.7. The molecule has 4 saturated carbocycles. The van der Waals surface area contributed by atoms with E-state index >= 15 is 0 Å². The number of aromatic nitrogens is 1. The van der Waals surface area contributed by atoms with Crippen LogP contribution in [0.5, 0.6) is 0 Å². The lowest BCUT2D eigenvalue weighted by Crippen LogP contribution is -2.55. The van der Waals surface area contributed by atoms with Crippen molar-refractivity contribution in [1.29, 1.82) is 0 Å². The lowest BCUT2D eigenvalue weighted by atomic mass is 9.48. The zero-order chi connectivity index (χ0) is 16.9. The van der Waals surface area contributed by atoms with E-state index in [0.29, 0.717) is 18.4 Å². The van der Waals surface area contributed by atoms with Crippen LogP contribution in [0.25, 0.3) is 0 Å². The summed E-state index contributed by atoms with van der Waals surface area (Å²) in [5.41, 5.74) is 1.30. The molecule has 4 nitrogen and oxygen atoms in total. The monoisotopic (exact) mass is 348 g/mol. The maximum Gasteiger partial charge on any atom is 0.307 e. The number of nitrogens with zero attached hydrogens (tertiary/aromatic N) is 1. The number of carbonyl (C=O) groups is 1. The third-order valence-corrected chi connectivity index (χ3v) is 7.80. The molecular weight excluding hydrogens is 320 g/mol. The van der Waals surface area contributed by atoms with Crippen molar-refractivity contribution in [3.05, 3.63) is 20.7 Å². The first kappa shape index (κ1) is 16.4. The molecule has 4 bridgehead atoms. The average Bonchev–Trinajstić information content (AvgIpc) is 2.82. The lowest BCUT2D eigenvalue weighted by Gasteiger charge is -2.59. The molecule has 1 aromatic rings. The molecule has 132 valence electrons. The summed E-state index contributed by atoms with van der Waals surface area (Å²) in [7, 11) is 0. The minimum atomic E-state index is 0.0365. The van der Waals surface area contributed by atoms with Crippen molar-refractivity contribution in [3.63, 3.8) is 0 Å². The molecule has 1 amide bonds. The van der Waals surface area contributed by atoms with Gasteiger partial charge in [0.1, 0.15) is 0 Å². The molecule has 0 spiro atoms. The fourth-order valence-electron chi connectivity index (χ4n) is 6.06. The summed E-state index contributed by atoms with van der Waals surface area (Å²) in [6.07, 6.45) is 8.62. The van der Waals surface area contributed by atoms with Gasteiger partial charge in [-0.25, -0.2) is 0 Å². The largest absolute Gasteiger partial charge is 0.353 e. The predicted molar refractivity (Wildman–Crippen MR) is 96.1 cm³/mol. The summed E-state index contributed by atoms with van der Waals surface area (Å²) in [5, 5.41) is 5.15. The molecule has 1 atom stereocenters. The number of hydrogen-bond donors (Lipinski definition) is 1. The number of hydrogen-bond acceptors (Lipinski definition) is 3. The highest BCUT2D eigenvalue weighted by molar-refractivity contribution is 7.07. The second-order valence-electron chi connectivity index (χ2n) is 8.61. The van der Waals surface area contributed by atoms with E-state index in [-0.39, 0.29) is 16.8 Å². The Morgan fingerprint density at radius 2 is 1.88 bits per heavy atom. The van der Waals surface area contributed by atoms with Crippen LogP contribution in [0.1, 0.15) is 57.6 Å². The molecule has 5 heteroatoms. The van der Waals surface area contributed by atoms with E-state index < -0.39 is 0 Å². The Morgan fingerprint density at radius 3 is 2.38 bits per heavy atom. The Kier molecular flexibility index (Phi) is 4.10. The Balaban J connectivity index is 1.37. The molecule has 1 N–H and O–H groups in total. The number of nitrogens with one attached hydrogen (secondary N) is 1. The van der Waals surface area contributed by atoms with E-state index in [1.807, 2.05) is 12.3 Å². The minimum absolute atomic E-state index is 0.0365. The third kappa shape index (κ3) is 2.85. The molecule has 24 heavy (non-hydrogen) atoms. The molecule has 0 aromatic carbocycles. The first-order chi connectivity index (χ1) is 11.4. The number of amides is 1. The Hall–Kier alpha value is -1.10. The van der Waals surface area contributed by atoms with E-state index in [2.05, 4.69) is 12.2 Å². The Labute approximate surface area is 147 Å². The second-order valence-corrected chi connectivity index (χ2v) is 9.43. The van der Waals surface area contributed by atoms with Gasteiger partial charge in [0.25, 0.3) is 0 Å². The van der Waals surface area contributed by atoms with Gasteiger partial charge in [0, 0.05) is 30.1 Å². The van der Waals surface area contributed by atoms with Gasteiger partial charge in [-0.1, -0.05) is 11.3 Å². The van der Waals surface area contributed by atoms with Gasteiger partial charge in [0.15, 0.2) is 0 Å². The number of thiazole rings is 1. The zero-order valence-corrected chi connectivity index (χ0v) is 15.5. The SMILES string of the molecule is Cc1csc(=O)n1CCC(=O)NC(C)C12CC3CC(CC(C3)C1)C2. The van der Waals surface area contributed by atoms with E-state index in [1.54, 1.807) is 4.57 Å². The van der Waals surface area contributed by atoms with Crippen molar-refractivity contribution in [2.45, 2.75) is 71.4 Å². The van der Waals surface area contributed by atoms with Crippen molar-refractivity contribution in [3.8, 4) is 0 Å². The van der Waals surface area contributed by atoms with Gasteiger partial charge in [-0.3, -0.25) is 9.59 Å². The maximum atomic E-state index is 12.4. The Morgan fingerprint density at radius 1 is 1.29 bits per heavy atom. The topological polar surface area (TPSA) is 51.1 Å². The minimum Gasteiger partial charge on any atom is -0.353 e. The first-order valence-electron chi connectivity index (χ1n) is 9.39. The molecule has 0 saturated heterocycles. The van der Waals surface area contributed by atoms with Crippen molar-refractivity contribution in [2.24, 2.45) is 23.2 Å². The van der Waals surface area contributed by atoms with E-state index in [1.165, 1.54) is 49.9 Å². The summed E-state index contributed by atoms with van der Waals surface area (Å²) in [6.45, 7) is 4.63. The van der Waals surface area contributed by atoms with Crippen LogP contribution >= 0.6 is 11.3 Å². The molecule has 0 radical (unpaired) electrons. The van der Waals surface area contributed by atoms with Gasteiger partial charge >= 0.3 is 4.87 Å². The highest BCUT2D eigenvalue weighted by Crippen LogP contribution is 2.61. The fraction of sp³-hybridized carbons (Fsp3) is 0.789. The molecule has 1 heterocycles. The molecule has 1 unspecified atom stereocenters. The molecule has 5 rings (SSSR count). The van der Waals surface area contributed by atoms with Crippen LogP contribution in [0.3, 0.4) is 0 Å². The van der Waals surface area contributed by atoms with Gasteiger partial charge in [0.2, 0.25) is 5.91 Å². The third-order valence-electron chi connectivity index (χ3n) is 6.92. The predicted octanol–water partition coefficient (Wildman–Crippen LogP) is 3.33. The lowest BCUT2D eigenvalue weighted by molar-refractivity contribution is -0.126. The van der Waals surface area contributed by atoms with Crippen LogP contribution in [0.2, 0.25) is 0 Å². The average molecular weight is 349 g/mol. The Bertz CT molecular complexity index is 654. The summed E-state index contributed by atoms with van der Waals surface area (Å²) < 4.78 is 1.71. The van der Waals surface area contributed by atoms with Crippen LogP contribution in [0, 0.1) is 30.1 Å². The van der Waals surface area contributed by atoms with Crippen molar-refractivity contribution in [1.82, 2.24) is 9.88 Å². The summed E-state index contributed by atoms with van der Waals surface area (Å²) in [4.78, 5) is 24.2. The summed E-state index contributed by atoms with van der Waals surface area (Å²) in [5.74, 6) is 2.81. The standard InChI is InChI=1S/C19H28N2O2S/c1-12-11-24-18(23)21(12)4-3-17(22)20-13(2)19-8-14-5-15(9-19)7-16(6-14)10-19/h11,13-16H,3-10H2,1-2H3,(H,20,22). The van der Waals surface area contributed by atoms with Crippen LogP contribution in [0.15, 0.2) is 10.2 Å². The summed E-state index contributed by atoms with van der Waals surface area (Å²) >= 11 is 1.21. The second kappa shape index (κ2) is 6.01. The molecule has 4 aliphatic carbocycles. The quantitative estimate of drug-likeness (QED) is 0.887. The van der Waals surface area contributed by atoms with Crippen LogP contribution < -0.4 is 10.2 Å². The summed E-state index contributed by atoms with van der Waals surface area (Å²) in [6, 6.07) is 0.263. The highest BCUT2D eigenvalue weighted by atomic mass is 32.1. The molecular formula is C19H28N2O2S. The van der Waals surface area contributed by atoms with Gasteiger partial charge in [0.05, 0.1) is 0 Å². The van der Waals surface area contributed by atoms with Crippen LogP contribution in [0.4, 0.5) is 0 Å². The number of aryl methyl sites for hydroxylation is 1. The van der Waals surface area contributed by atoms with Gasteiger partial charge in [-0.15, -0.1) is 0 Å². The van der Waals surface area contributed by atoms with E-state index in [9.17, 15) is 9.59 Å². The van der Waals surface area contributed by atoms with Crippen molar-refractivity contribution < 1.29 is 4.79 Å². The molecule has 4 fully saturated rings. The number of carbonyl (C=O) groups excluding carboxylic acids is 1. The number of rotatable bonds is 5. The molecule has 4 aliphatic rings. The fourth-order valence-corrected chi connectivity index (χ4v) is 6.82. The maximum absolute atomic E-state index is 12.4. The molecule has 0 aliphatic heterocycles. The highest BCUT2D eigenvalue weighted by Gasteiger charge is 2.53. The van der Waals surface area contributed by atoms with Crippen LogP contribution in [-0.4, -0.2) is 16.5 Å². The normalized spacial score (nSPS) is 35.2. The van der Waals surface area contributed by atoms with Gasteiger partial charge < -0.3 is 9.88 Å². The van der Waals surface area contributed by atoms with E-state index in [0.717, 1.165) is 23.4 Å². The molecule has 1 aromatic heterocycles. The van der Waals surface area contributed by atoms with Crippen molar-refractivity contribution in [2.75, 3.05) is 0 Å². The van der Waals surface area contributed by atoms with Crippen LogP contribution in [-0.2, 0) is 11.3 Å².